The molecule has 156 valence electrons. The monoisotopic (exact) mass is 494 g/mol. The number of nitrogens with zero attached hydrogens (tertiary/aromatic N) is 3. The molecule has 0 radical (unpaired) electrons. The Kier molecular flexibility index (Phi) is 7.57. The van der Waals surface area contributed by atoms with Crippen molar-refractivity contribution in [3.05, 3.63) is 76.9 Å². The molecule has 0 bridgehead atoms. The number of azo groups is 1. The molecule has 0 atom stereocenters. The Morgan fingerprint density at radius 1 is 0.938 bits per heavy atom. The van der Waals surface area contributed by atoms with Gasteiger partial charge in [0.2, 0.25) is 0 Å². The second-order valence-electron chi connectivity index (χ2n) is 6.53. The number of benzene rings is 3. The third-order valence-corrected chi connectivity index (χ3v) is 5.95. The van der Waals surface area contributed by atoms with E-state index in [-0.39, 0.29) is 46.3 Å². The molecule has 0 aliphatic rings. The first kappa shape index (κ1) is 24.6. The van der Waals surface area contributed by atoms with Crippen molar-refractivity contribution in [2.45, 2.75) is 4.90 Å². The van der Waals surface area contributed by atoms with E-state index in [1.54, 1.807) is 48.5 Å². The van der Waals surface area contributed by atoms with E-state index in [9.17, 15) is 13.0 Å². The number of aromatic nitrogens is 1. The minimum Gasteiger partial charge on any atom is -0.744 e. The predicted molar refractivity (Wildman–Crippen MR) is 120 cm³/mol. The maximum Gasteiger partial charge on any atom is 1.00 e. The van der Waals surface area contributed by atoms with Crippen molar-refractivity contribution in [3.8, 4) is 11.3 Å². The Hall–Kier alpha value is -2.04. The van der Waals surface area contributed by atoms with E-state index < -0.39 is 15.0 Å². The van der Waals surface area contributed by atoms with Gasteiger partial charge in [-0.2, -0.15) is 0 Å². The minimum atomic E-state index is -4.74. The molecule has 0 unspecified atom stereocenters. The van der Waals surface area contributed by atoms with Crippen LogP contribution in [-0.2, 0) is 10.1 Å². The molecule has 32 heavy (non-hydrogen) atoms. The van der Waals surface area contributed by atoms with Crippen LogP contribution in [0, 0.1) is 0 Å². The molecule has 0 saturated heterocycles. The van der Waals surface area contributed by atoms with Gasteiger partial charge in [-0.05, 0) is 36.4 Å². The fourth-order valence-electron chi connectivity index (χ4n) is 3.05. The van der Waals surface area contributed by atoms with Crippen LogP contribution in [-0.4, -0.2) is 18.0 Å². The largest absolute Gasteiger partial charge is 1.00 e. The van der Waals surface area contributed by atoms with E-state index in [1.165, 1.54) is 12.3 Å². The summed E-state index contributed by atoms with van der Waals surface area (Å²) >= 11 is 12.1. The average molecular weight is 495 g/mol. The molecule has 0 aliphatic carbocycles. The molecule has 2 N–H and O–H groups in total. The van der Waals surface area contributed by atoms with Crippen molar-refractivity contribution in [2.75, 3.05) is 5.73 Å². The van der Waals surface area contributed by atoms with E-state index in [2.05, 4.69) is 15.2 Å². The summed E-state index contributed by atoms with van der Waals surface area (Å²) in [5.74, 6) is 0. The van der Waals surface area contributed by atoms with Crippen LogP contribution >= 0.6 is 23.2 Å². The molecule has 4 aromatic rings. The molecule has 7 nitrogen and oxygen atoms in total. The molecule has 0 amide bonds. The van der Waals surface area contributed by atoms with Crippen LogP contribution in [0.1, 0.15) is 0 Å². The molecule has 0 aliphatic heterocycles. The number of nitrogens with two attached hydrogens (primary N) is 1. The normalized spacial score (nSPS) is 11.6. The van der Waals surface area contributed by atoms with Gasteiger partial charge in [0, 0.05) is 21.4 Å². The standard InChI is InChI=1S/C21H14Cl2N4O3S.Na/c22-12-5-7-16(17(23)9-12)18-8-6-13(11-25-18)26-27-19-10-20(31(28,29)30)14-3-1-2-4-15(14)21(19)24;/h1-11H,24H2,(H,28,29,30);/q;+1/p-1. The first-order valence-corrected chi connectivity index (χ1v) is 11.0. The van der Waals surface area contributed by atoms with Gasteiger partial charge in [-0.25, -0.2) is 8.42 Å². The molecule has 0 spiro atoms. The number of hydrogen-bond donors (Lipinski definition) is 1. The van der Waals surface area contributed by atoms with Gasteiger partial charge in [0.05, 0.1) is 27.5 Å². The third kappa shape index (κ3) is 5.13. The average Bonchev–Trinajstić information content (AvgIpc) is 2.73. The van der Waals surface area contributed by atoms with E-state index in [0.29, 0.717) is 32.4 Å². The zero-order chi connectivity index (χ0) is 22.2. The molecule has 1 heterocycles. The van der Waals surface area contributed by atoms with Crippen molar-refractivity contribution >= 4 is 61.2 Å². The smallest absolute Gasteiger partial charge is 0.744 e. The second-order valence-corrected chi connectivity index (χ2v) is 8.72. The van der Waals surface area contributed by atoms with Crippen LogP contribution in [0.3, 0.4) is 0 Å². The maximum absolute atomic E-state index is 11.7. The molecule has 4 rings (SSSR count). The summed E-state index contributed by atoms with van der Waals surface area (Å²) in [7, 11) is -4.74. The Morgan fingerprint density at radius 3 is 2.28 bits per heavy atom. The summed E-state index contributed by atoms with van der Waals surface area (Å²) in [6.45, 7) is 0. The second kappa shape index (κ2) is 9.84. The molecule has 3 aromatic carbocycles. The number of nitrogen functional groups attached to an aromatic ring is 1. The maximum atomic E-state index is 11.7. The summed E-state index contributed by atoms with van der Waals surface area (Å²) in [4.78, 5) is 3.92. The van der Waals surface area contributed by atoms with Gasteiger partial charge in [0.15, 0.2) is 0 Å². The van der Waals surface area contributed by atoms with Gasteiger partial charge in [0.1, 0.15) is 21.5 Å². The summed E-state index contributed by atoms with van der Waals surface area (Å²) in [6.07, 6.45) is 1.48. The van der Waals surface area contributed by atoms with E-state index in [0.717, 1.165) is 6.07 Å². The predicted octanol–water partition coefficient (Wildman–Crippen LogP) is 3.11. The topological polar surface area (TPSA) is 121 Å². The quantitative estimate of drug-likeness (QED) is 0.202. The summed E-state index contributed by atoms with van der Waals surface area (Å²) in [5.41, 5.74) is 8.13. The van der Waals surface area contributed by atoms with Crippen LogP contribution in [0.25, 0.3) is 22.0 Å². The van der Waals surface area contributed by atoms with Crippen molar-refractivity contribution < 1.29 is 42.5 Å². The number of fused-ring (bicyclic) bond motifs is 1. The minimum absolute atomic E-state index is 0. The number of anilines is 1. The van der Waals surface area contributed by atoms with Crippen molar-refractivity contribution in [1.82, 2.24) is 4.98 Å². The van der Waals surface area contributed by atoms with Crippen molar-refractivity contribution in [2.24, 2.45) is 10.2 Å². The van der Waals surface area contributed by atoms with Crippen LogP contribution in [0.15, 0.2) is 82.0 Å². The van der Waals surface area contributed by atoms with Crippen LogP contribution in [0.4, 0.5) is 17.1 Å². The fraction of sp³-hybridized carbons (Fsp3) is 0. The van der Waals surface area contributed by atoms with Gasteiger partial charge in [-0.1, -0.05) is 47.5 Å². The van der Waals surface area contributed by atoms with E-state index >= 15 is 0 Å². The Morgan fingerprint density at radius 2 is 1.66 bits per heavy atom. The molecule has 0 saturated carbocycles. The number of hydrogen-bond acceptors (Lipinski definition) is 7. The van der Waals surface area contributed by atoms with Crippen molar-refractivity contribution in [3.63, 3.8) is 0 Å². The van der Waals surface area contributed by atoms with Gasteiger partial charge < -0.3 is 10.3 Å². The molecular formula is C21H13Cl2N4NaO3S. The Balaban J connectivity index is 0.00000289. The summed E-state index contributed by atoms with van der Waals surface area (Å²) < 4.78 is 35.1. The van der Waals surface area contributed by atoms with Crippen LogP contribution < -0.4 is 35.3 Å². The Labute approximate surface area is 216 Å². The van der Waals surface area contributed by atoms with E-state index in [1.807, 2.05) is 0 Å². The molecule has 1 aromatic heterocycles. The van der Waals surface area contributed by atoms with Crippen molar-refractivity contribution in [1.29, 1.82) is 0 Å². The zero-order valence-corrected chi connectivity index (χ0v) is 21.0. The number of rotatable bonds is 4. The first-order valence-electron chi connectivity index (χ1n) is 8.84. The van der Waals surface area contributed by atoms with Gasteiger partial charge >= 0.3 is 29.6 Å². The Bertz CT molecular complexity index is 1450. The molecular weight excluding hydrogens is 482 g/mol. The zero-order valence-electron chi connectivity index (χ0n) is 16.7. The SMILES string of the molecule is Nc1c(N=Nc2ccc(-c3ccc(Cl)cc3Cl)nc2)cc(S(=O)(=O)[O-])c2ccccc12.[Na+]. The van der Waals surface area contributed by atoms with Crippen LogP contribution in [0.5, 0.6) is 0 Å². The summed E-state index contributed by atoms with van der Waals surface area (Å²) in [6, 6.07) is 16.0. The van der Waals surface area contributed by atoms with Gasteiger partial charge in [-0.15, -0.1) is 10.2 Å². The van der Waals surface area contributed by atoms with Gasteiger partial charge in [0.25, 0.3) is 0 Å². The molecule has 0 fully saturated rings. The summed E-state index contributed by atoms with van der Waals surface area (Å²) in [5, 5.41) is 9.74. The number of halogens is 2. The van der Waals surface area contributed by atoms with E-state index in [4.69, 9.17) is 28.9 Å². The number of pyridine rings is 1. The van der Waals surface area contributed by atoms with Gasteiger partial charge in [-0.3, -0.25) is 4.98 Å². The fourth-order valence-corrected chi connectivity index (χ4v) is 4.26. The first-order chi connectivity index (χ1) is 14.7. The van der Waals surface area contributed by atoms with Crippen LogP contribution in [0.2, 0.25) is 10.0 Å². The molecule has 11 heteroatoms. The third-order valence-electron chi connectivity index (χ3n) is 4.52.